The second-order valence-electron chi connectivity index (χ2n) is 4.93. The summed E-state index contributed by atoms with van der Waals surface area (Å²) in [4.78, 5) is 21.1. The summed E-state index contributed by atoms with van der Waals surface area (Å²) in [6.45, 7) is 0.791. The first kappa shape index (κ1) is 17.9. The number of hydroxylamine groups is 2. The summed E-state index contributed by atoms with van der Waals surface area (Å²) in [7, 11) is 1.55. The van der Waals surface area contributed by atoms with E-state index in [1.54, 1.807) is 25.2 Å². The SMILES string of the molecule is CN(O)CCCOc1ccc(Cl)cc1N(C(N)=O)c1cnccn1. The zero-order chi connectivity index (χ0) is 17.5. The summed E-state index contributed by atoms with van der Waals surface area (Å²) in [6.07, 6.45) is 4.95. The molecule has 9 heteroatoms. The number of benzene rings is 1. The first-order valence-electron chi connectivity index (χ1n) is 7.17. The van der Waals surface area contributed by atoms with E-state index in [1.807, 2.05) is 0 Å². The van der Waals surface area contributed by atoms with Crippen molar-refractivity contribution in [2.75, 3.05) is 25.1 Å². The highest BCUT2D eigenvalue weighted by Gasteiger charge is 2.21. The third-order valence-corrected chi connectivity index (χ3v) is 3.28. The topological polar surface area (TPSA) is 105 Å². The summed E-state index contributed by atoms with van der Waals surface area (Å²) in [5.74, 6) is 0.677. The zero-order valence-corrected chi connectivity index (χ0v) is 13.8. The maximum atomic E-state index is 11.9. The highest BCUT2D eigenvalue weighted by molar-refractivity contribution is 6.31. The Morgan fingerprint density at radius 3 is 2.83 bits per heavy atom. The van der Waals surface area contributed by atoms with Gasteiger partial charge in [0, 0.05) is 31.0 Å². The summed E-state index contributed by atoms with van der Waals surface area (Å²) in [6, 6.07) is 4.12. The van der Waals surface area contributed by atoms with E-state index < -0.39 is 6.03 Å². The molecule has 1 heterocycles. The number of amides is 2. The second-order valence-corrected chi connectivity index (χ2v) is 5.37. The quantitative estimate of drug-likeness (QED) is 0.586. The lowest BCUT2D eigenvalue weighted by Gasteiger charge is -2.22. The first-order chi connectivity index (χ1) is 11.5. The average Bonchev–Trinajstić information content (AvgIpc) is 2.54. The zero-order valence-electron chi connectivity index (χ0n) is 13.1. The maximum absolute atomic E-state index is 11.9. The molecule has 128 valence electrons. The van der Waals surface area contributed by atoms with Crippen molar-refractivity contribution in [3.8, 4) is 5.75 Å². The van der Waals surface area contributed by atoms with Gasteiger partial charge in [0.25, 0.3) is 0 Å². The number of carbonyl (C=O) groups excluding carboxylic acids is 1. The van der Waals surface area contributed by atoms with Crippen molar-refractivity contribution < 1.29 is 14.7 Å². The van der Waals surface area contributed by atoms with Crippen LogP contribution in [-0.2, 0) is 0 Å². The summed E-state index contributed by atoms with van der Waals surface area (Å²) in [5.41, 5.74) is 5.86. The van der Waals surface area contributed by atoms with Gasteiger partial charge in [-0.05, 0) is 24.6 Å². The maximum Gasteiger partial charge on any atom is 0.325 e. The van der Waals surface area contributed by atoms with E-state index >= 15 is 0 Å². The van der Waals surface area contributed by atoms with Crippen molar-refractivity contribution in [3.63, 3.8) is 0 Å². The van der Waals surface area contributed by atoms with E-state index in [4.69, 9.17) is 27.3 Å². The number of aromatic nitrogens is 2. The molecule has 0 unspecified atom stereocenters. The molecule has 1 aromatic carbocycles. The average molecular weight is 352 g/mol. The van der Waals surface area contributed by atoms with Crippen LogP contribution in [0.2, 0.25) is 5.02 Å². The van der Waals surface area contributed by atoms with Crippen molar-refractivity contribution in [1.82, 2.24) is 15.0 Å². The van der Waals surface area contributed by atoms with Gasteiger partial charge in [0.1, 0.15) is 5.75 Å². The highest BCUT2D eigenvalue weighted by atomic mass is 35.5. The van der Waals surface area contributed by atoms with Gasteiger partial charge in [-0.25, -0.2) is 14.7 Å². The van der Waals surface area contributed by atoms with Gasteiger partial charge in [-0.1, -0.05) is 11.6 Å². The molecule has 2 amide bonds. The molecule has 0 radical (unpaired) electrons. The smallest absolute Gasteiger partial charge is 0.325 e. The van der Waals surface area contributed by atoms with Gasteiger partial charge in [-0.15, -0.1) is 0 Å². The van der Waals surface area contributed by atoms with Gasteiger partial charge in [0.15, 0.2) is 5.82 Å². The van der Waals surface area contributed by atoms with Gasteiger partial charge in [-0.2, -0.15) is 5.06 Å². The highest BCUT2D eigenvalue weighted by Crippen LogP contribution is 2.35. The van der Waals surface area contributed by atoms with Crippen molar-refractivity contribution in [3.05, 3.63) is 41.8 Å². The lowest BCUT2D eigenvalue weighted by atomic mass is 10.2. The minimum absolute atomic E-state index is 0.257. The van der Waals surface area contributed by atoms with E-state index in [0.29, 0.717) is 36.0 Å². The third kappa shape index (κ3) is 4.79. The molecule has 0 atom stereocenters. The molecule has 0 aliphatic carbocycles. The van der Waals surface area contributed by atoms with Crippen LogP contribution in [0.15, 0.2) is 36.8 Å². The monoisotopic (exact) mass is 351 g/mol. The fourth-order valence-electron chi connectivity index (χ4n) is 2.02. The molecule has 0 aliphatic heterocycles. The minimum atomic E-state index is -0.738. The lowest BCUT2D eigenvalue weighted by Crippen LogP contribution is -2.32. The van der Waals surface area contributed by atoms with Gasteiger partial charge < -0.3 is 15.7 Å². The van der Waals surface area contributed by atoms with Crippen LogP contribution >= 0.6 is 11.6 Å². The van der Waals surface area contributed by atoms with E-state index in [1.165, 1.54) is 23.5 Å². The molecule has 3 N–H and O–H groups in total. The van der Waals surface area contributed by atoms with E-state index in [9.17, 15) is 4.79 Å². The fraction of sp³-hybridized carbons (Fsp3) is 0.267. The molecular weight excluding hydrogens is 334 g/mol. The Labute approximate surface area is 144 Å². The number of nitrogens with zero attached hydrogens (tertiary/aromatic N) is 4. The third-order valence-electron chi connectivity index (χ3n) is 3.04. The molecule has 2 rings (SSSR count). The number of hydrogen-bond acceptors (Lipinski definition) is 6. The van der Waals surface area contributed by atoms with Crippen LogP contribution in [0.1, 0.15) is 6.42 Å². The number of primary amides is 1. The summed E-state index contributed by atoms with van der Waals surface area (Å²) >= 11 is 6.05. The molecule has 0 spiro atoms. The largest absolute Gasteiger partial charge is 0.491 e. The molecule has 8 nitrogen and oxygen atoms in total. The van der Waals surface area contributed by atoms with Crippen LogP contribution in [-0.4, -0.2) is 46.5 Å². The van der Waals surface area contributed by atoms with Crippen molar-refractivity contribution in [2.45, 2.75) is 6.42 Å². The number of halogens is 1. The van der Waals surface area contributed by atoms with E-state index in [2.05, 4.69) is 9.97 Å². The molecule has 24 heavy (non-hydrogen) atoms. The summed E-state index contributed by atoms with van der Waals surface area (Å²) < 4.78 is 5.70. The molecule has 0 aliphatic rings. The van der Waals surface area contributed by atoms with Gasteiger partial charge in [-0.3, -0.25) is 4.98 Å². The number of nitrogens with two attached hydrogens (primary N) is 1. The lowest BCUT2D eigenvalue weighted by molar-refractivity contribution is -0.0669. The van der Waals surface area contributed by atoms with Gasteiger partial charge in [0.2, 0.25) is 0 Å². The van der Waals surface area contributed by atoms with E-state index in [0.717, 1.165) is 5.06 Å². The number of ether oxygens (including phenoxy) is 1. The Bertz CT molecular complexity index is 684. The van der Waals surface area contributed by atoms with Crippen LogP contribution < -0.4 is 15.4 Å². The Balaban J connectivity index is 2.29. The predicted octanol–water partition coefficient (Wildman–Crippen LogP) is 2.44. The number of urea groups is 1. The van der Waals surface area contributed by atoms with Crippen molar-refractivity contribution >= 4 is 29.1 Å². The van der Waals surface area contributed by atoms with Gasteiger partial charge in [0.05, 0.1) is 18.5 Å². The Hall–Kier alpha value is -2.42. The van der Waals surface area contributed by atoms with Crippen LogP contribution in [0.5, 0.6) is 5.75 Å². The predicted molar refractivity (Wildman–Crippen MR) is 89.7 cm³/mol. The van der Waals surface area contributed by atoms with Crippen molar-refractivity contribution in [1.29, 1.82) is 0 Å². The molecule has 0 fully saturated rings. The molecule has 0 saturated carbocycles. The Morgan fingerprint density at radius 1 is 1.42 bits per heavy atom. The molecule has 0 saturated heterocycles. The second kappa shape index (κ2) is 8.44. The Kier molecular flexibility index (Phi) is 6.30. The number of carbonyl (C=O) groups is 1. The van der Waals surface area contributed by atoms with Gasteiger partial charge >= 0.3 is 6.03 Å². The van der Waals surface area contributed by atoms with Crippen LogP contribution in [0.4, 0.5) is 16.3 Å². The molecule has 0 bridgehead atoms. The first-order valence-corrected chi connectivity index (χ1v) is 7.55. The normalized spacial score (nSPS) is 10.7. The van der Waals surface area contributed by atoms with E-state index in [-0.39, 0.29) is 5.82 Å². The standard InChI is InChI=1S/C15H18ClN5O3/c1-20(23)7-2-8-24-13-4-3-11(16)9-12(13)21(15(17)22)14-10-18-5-6-19-14/h3-6,9-10,23H,2,7-8H2,1H3,(H2,17,22). The van der Waals surface area contributed by atoms with Crippen LogP contribution in [0.25, 0.3) is 0 Å². The summed E-state index contributed by atoms with van der Waals surface area (Å²) in [5, 5.41) is 10.6. The number of anilines is 2. The molecule has 1 aromatic heterocycles. The minimum Gasteiger partial charge on any atom is -0.491 e. The Morgan fingerprint density at radius 2 is 2.21 bits per heavy atom. The molecule has 2 aromatic rings. The van der Waals surface area contributed by atoms with Crippen LogP contribution in [0, 0.1) is 0 Å². The number of rotatable bonds is 7. The van der Waals surface area contributed by atoms with Crippen molar-refractivity contribution in [2.24, 2.45) is 5.73 Å². The fourth-order valence-corrected chi connectivity index (χ4v) is 2.19. The number of hydrogen-bond donors (Lipinski definition) is 2. The van der Waals surface area contributed by atoms with Crippen LogP contribution in [0.3, 0.4) is 0 Å². The molecular formula is C15H18ClN5O3.